The van der Waals surface area contributed by atoms with Crippen LogP contribution >= 0.6 is 34.5 Å². The summed E-state index contributed by atoms with van der Waals surface area (Å²) >= 11 is 12.5. The van der Waals surface area contributed by atoms with Gasteiger partial charge in [0.1, 0.15) is 11.0 Å². The van der Waals surface area contributed by atoms with E-state index in [1.54, 1.807) is 12.1 Å². The molecule has 10 nitrogen and oxygen atoms in total. The molecule has 1 N–H and O–H groups in total. The maximum absolute atomic E-state index is 13.5. The van der Waals surface area contributed by atoms with Crippen molar-refractivity contribution >= 4 is 66.9 Å². The number of thiophene rings is 1. The molecule has 0 saturated heterocycles. The van der Waals surface area contributed by atoms with E-state index in [1.165, 1.54) is 49.0 Å². The van der Waals surface area contributed by atoms with Crippen molar-refractivity contribution in [2.24, 2.45) is 0 Å². The normalized spacial score (nSPS) is 12.1. The number of hydrogen-bond acceptors (Lipinski definition) is 9. The molecule has 0 aliphatic rings. The maximum atomic E-state index is 13.5. The molecule has 0 saturated carbocycles. The van der Waals surface area contributed by atoms with Gasteiger partial charge in [0.2, 0.25) is 5.91 Å². The van der Waals surface area contributed by atoms with E-state index in [2.05, 4.69) is 10.3 Å². The lowest BCUT2D eigenvalue weighted by atomic mass is 10.1. The number of anilines is 2. The predicted octanol–water partition coefficient (Wildman–Crippen LogP) is 4.99. The zero-order chi connectivity index (χ0) is 27.0. The highest BCUT2D eigenvalue weighted by Gasteiger charge is 2.36. The van der Waals surface area contributed by atoms with Crippen LogP contribution in [0.1, 0.15) is 23.3 Å². The van der Waals surface area contributed by atoms with E-state index in [1.807, 2.05) is 4.90 Å². The number of rotatable bonds is 13. The predicted molar refractivity (Wildman–Crippen MR) is 146 cm³/mol. The molecule has 1 unspecified atom stereocenters. The van der Waals surface area contributed by atoms with Gasteiger partial charge in [-0.05, 0) is 47.3 Å². The SMILES string of the molecule is CC(=O)Nc1ccncc1CC(c1ccsc1[N+](=O)[O-])S(=O)(=O)Oc1ccc(N(CCCl)CCCl)cc1. The zero-order valence-corrected chi connectivity index (χ0v) is 22.8. The number of halogens is 2. The van der Waals surface area contributed by atoms with Crippen molar-refractivity contribution in [3.05, 3.63) is 75.4 Å². The third kappa shape index (κ3) is 7.54. The van der Waals surface area contributed by atoms with Gasteiger partial charge in [0, 0.05) is 62.0 Å². The van der Waals surface area contributed by atoms with Gasteiger partial charge in [-0.3, -0.25) is 19.9 Å². The minimum absolute atomic E-state index is 0.0142. The van der Waals surface area contributed by atoms with Crippen LogP contribution in [0.5, 0.6) is 5.75 Å². The van der Waals surface area contributed by atoms with Gasteiger partial charge in [0.15, 0.2) is 0 Å². The molecule has 14 heteroatoms. The van der Waals surface area contributed by atoms with Crippen molar-refractivity contribution in [1.82, 2.24) is 4.98 Å². The van der Waals surface area contributed by atoms with Crippen molar-refractivity contribution < 1.29 is 22.3 Å². The van der Waals surface area contributed by atoms with Gasteiger partial charge < -0.3 is 14.4 Å². The second kappa shape index (κ2) is 13.0. The Kier molecular flexibility index (Phi) is 10.1. The minimum Gasteiger partial charge on any atom is -0.382 e. The highest BCUT2D eigenvalue weighted by molar-refractivity contribution is 7.87. The number of amides is 1. The molecule has 0 aliphatic heterocycles. The Balaban J connectivity index is 1.97. The highest BCUT2D eigenvalue weighted by atomic mass is 35.5. The van der Waals surface area contributed by atoms with Crippen molar-refractivity contribution in [3.8, 4) is 5.75 Å². The molecule has 3 aromatic rings. The van der Waals surface area contributed by atoms with Crippen LogP contribution in [0.3, 0.4) is 0 Å². The molecule has 37 heavy (non-hydrogen) atoms. The molecule has 0 bridgehead atoms. The van der Waals surface area contributed by atoms with E-state index >= 15 is 0 Å². The van der Waals surface area contributed by atoms with Crippen LogP contribution in [0.15, 0.2) is 54.2 Å². The van der Waals surface area contributed by atoms with Crippen LogP contribution in [0.25, 0.3) is 0 Å². The number of carbonyl (C=O) groups is 1. The summed E-state index contributed by atoms with van der Waals surface area (Å²) in [5.74, 6) is 0.456. The van der Waals surface area contributed by atoms with Gasteiger partial charge in [-0.15, -0.1) is 23.2 Å². The molecule has 3 rings (SSSR count). The van der Waals surface area contributed by atoms with Crippen LogP contribution in [0.4, 0.5) is 16.4 Å². The lowest BCUT2D eigenvalue weighted by Gasteiger charge is -2.23. The smallest absolute Gasteiger partial charge is 0.328 e. The van der Waals surface area contributed by atoms with Crippen LogP contribution in [0, 0.1) is 10.1 Å². The van der Waals surface area contributed by atoms with Crippen LogP contribution in [-0.2, 0) is 21.3 Å². The Morgan fingerprint density at radius 3 is 2.46 bits per heavy atom. The van der Waals surface area contributed by atoms with Crippen LogP contribution < -0.4 is 14.4 Å². The number of aromatic nitrogens is 1. The number of nitro groups is 1. The largest absolute Gasteiger partial charge is 0.382 e. The fourth-order valence-corrected chi connectivity index (χ4v) is 6.29. The Hall–Kier alpha value is -2.93. The fourth-order valence-electron chi connectivity index (χ4n) is 3.65. The fraction of sp³-hybridized carbons (Fsp3) is 0.304. The van der Waals surface area contributed by atoms with E-state index in [9.17, 15) is 23.3 Å². The van der Waals surface area contributed by atoms with Crippen molar-refractivity contribution in [2.45, 2.75) is 18.6 Å². The van der Waals surface area contributed by atoms with Crippen LogP contribution in [-0.4, -0.2) is 49.1 Å². The van der Waals surface area contributed by atoms with Gasteiger partial charge in [-0.1, -0.05) is 11.3 Å². The zero-order valence-electron chi connectivity index (χ0n) is 19.7. The average Bonchev–Trinajstić information content (AvgIpc) is 3.33. The number of alkyl halides is 2. The summed E-state index contributed by atoms with van der Waals surface area (Å²) in [6.07, 6.45) is 2.63. The molecule has 1 amide bonds. The Bertz CT molecular complexity index is 1330. The summed E-state index contributed by atoms with van der Waals surface area (Å²) in [5.41, 5.74) is 1.50. The number of nitrogens with zero attached hydrogens (tertiary/aromatic N) is 3. The first-order valence-corrected chi connectivity index (χ1v) is 14.4. The number of carbonyl (C=O) groups excluding carboxylic acids is 1. The monoisotopic (exact) mass is 586 g/mol. The summed E-state index contributed by atoms with van der Waals surface area (Å²) in [7, 11) is -4.45. The van der Waals surface area contributed by atoms with Crippen molar-refractivity contribution in [2.75, 3.05) is 35.1 Å². The molecule has 0 radical (unpaired) electrons. The summed E-state index contributed by atoms with van der Waals surface area (Å²) in [4.78, 5) is 28.6. The molecule has 0 spiro atoms. The molecular formula is C23H24Cl2N4O6S2. The molecular weight excluding hydrogens is 563 g/mol. The molecule has 0 fully saturated rings. The third-order valence-electron chi connectivity index (χ3n) is 5.28. The van der Waals surface area contributed by atoms with E-state index in [0.29, 0.717) is 36.1 Å². The third-order valence-corrected chi connectivity index (χ3v) is 8.04. The van der Waals surface area contributed by atoms with Crippen molar-refractivity contribution in [3.63, 3.8) is 0 Å². The second-order valence-corrected chi connectivity index (χ2v) is 11.2. The number of nitrogens with one attached hydrogen (secondary N) is 1. The lowest BCUT2D eigenvalue weighted by Crippen LogP contribution is -2.27. The van der Waals surface area contributed by atoms with Gasteiger partial charge >= 0.3 is 15.1 Å². The molecule has 1 aromatic carbocycles. The summed E-state index contributed by atoms with van der Waals surface area (Å²) < 4.78 is 32.5. The molecule has 198 valence electrons. The van der Waals surface area contributed by atoms with Gasteiger partial charge in [0.25, 0.3) is 0 Å². The molecule has 2 heterocycles. The Morgan fingerprint density at radius 1 is 1.19 bits per heavy atom. The van der Waals surface area contributed by atoms with Gasteiger partial charge in [-0.25, -0.2) is 0 Å². The van der Waals surface area contributed by atoms with Crippen LogP contribution in [0.2, 0.25) is 0 Å². The second-order valence-electron chi connectivity index (χ2n) is 7.78. The van der Waals surface area contributed by atoms with Gasteiger partial charge in [0.05, 0.1) is 10.5 Å². The summed E-state index contributed by atoms with van der Waals surface area (Å²) in [6.45, 7) is 2.42. The average molecular weight is 588 g/mol. The van der Waals surface area contributed by atoms with Gasteiger partial charge in [-0.2, -0.15) is 8.42 Å². The number of pyridine rings is 1. The first-order valence-electron chi connectivity index (χ1n) is 11.0. The van der Waals surface area contributed by atoms with E-state index in [0.717, 1.165) is 17.0 Å². The molecule has 2 aromatic heterocycles. The summed E-state index contributed by atoms with van der Waals surface area (Å²) in [6, 6.07) is 9.27. The van der Waals surface area contributed by atoms with E-state index < -0.39 is 20.3 Å². The topological polar surface area (TPSA) is 132 Å². The number of benzene rings is 1. The molecule has 1 atom stereocenters. The van der Waals surface area contributed by atoms with Crippen molar-refractivity contribution in [1.29, 1.82) is 0 Å². The lowest BCUT2D eigenvalue weighted by molar-refractivity contribution is -0.380. The van der Waals surface area contributed by atoms with E-state index in [-0.39, 0.29) is 28.6 Å². The molecule has 0 aliphatic carbocycles. The first-order chi connectivity index (χ1) is 17.7. The number of hydrogen-bond donors (Lipinski definition) is 1. The minimum atomic E-state index is -4.45. The Morgan fingerprint density at radius 2 is 1.86 bits per heavy atom. The van der Waals surface area contributed by atoms with E-state index in [4.69, 9.17) is 27.4 Å². The Labute approximate surface area is 228 Å². The first kappa shape index (κ1) is 28.6. The summed E-state index contributed by atoms with van der Waals surface area (Å²) in [5, 5.41) is 14.0. The highest BCUT2D eigenvalue weighted by Crippen LogP contribution is 2.39. The quantitative estimate of drug-likeness (QED) is 0.128. The standard InChI is InChI=1S/C23H24Cl2N4O6S2/c1-16(30)27-21-6-10-26-15-17(21)14-22(20-7-13-36-23(20)29(31)32)37(33,34)35-19-4-2-18(3-5-19)28(11-8-24)12-9-25/h2-7,10,13,15,22H,8-9,11-12,14H2,1H3,(H,26,27,30). The maximum Gasteiger partial charge on any atom is 0.328 e.